The second kappa shape index (κ2) is 4.77. The molecule has 3 atom stereocenters. The molecule has 2 rings (SSSR count). The molecule has 0 aliphatic heterocycles. The molecule has 0 radical (unpaired) electrons. The van der Waals surface area contributed by atoms with Crippen molar-refractivity contribution in [3.8, 4) is 0 Å². The molecule has 94 valence electrons. The summed E-state index contributed by atoms with van der Waals surface area (Å²) in [4.78, 5) is 0. The zero-order valence-electron chi connectivity index (χ0n) is 11.0. The van der Waals surface area contributed by atoms with Gasteiger partial charge in [-0.25, -0.2) is 4.39 Å². The molecule has 3 unspecified atom stereocenters. The van der Waals surface area contributed by atoms with Gasteiger partial charge in [0.25, 0.3) is 0 Å². The van der Waals surface area contributed by atoms with E-state index in [1.807, 2.05) is 12.1 Å². The van der Waals surface area contributed by atoms with Crippen LogP contribution in [0.5, 0.6) is 0 Å². The highest BCUT2D eigenvalue weighted by molar-refractivity contribution is 5.28. The Bertz CT molecular complexity index is 373. The van der Waals surface area contributed by atoms with E-state index < -0.39 is 0 Å². The Labute approximate surface area is 103 Å². The molecule has 1 aliphatic carbocycles. The third-order valence-electron chi connectivity index (χ3n) is 4.55. The quantitative estimate of drug-likeness (QED) is 0.839. The predicted molar refractivity (Wildman–Crippen MR) is 69.6 cm³/mol. The summed E-state index contributed by atoms with van der Waals surface area (Å²) in [6.45, 7) is 7.77. The van der Waals surface area contributed by atoms with Gasteiger partial charge in [-0.15, -0.1) is 0 Å². The lowest BCUT2D eigenvalue weighted by Crippen LogP contribution is -2.56. The maximum absolute atomic E-state index is 12.9. The molecule has 0 heterocycles. The number of nitrogens with one attached hydrogen (secondary N) is 1. The van der Waals surface area contributed by atoms with E-state index in [-0.39, 0.29) is 5.82 Å². The molecule has 0 amide bonds. The average molecular weight is 235 g/mol. The summed E-state index contributed by atoms with van der Waals surface area (Å²) in [5, 5.41) is 3.56. The first-order chi connectivity index (χ1) is 8.11. The minimum Gasteiger partial charge on any atom is -0.314 e. The van der Waals surface area contributed by atoms with Crippen LogP contribution in [0.4, 0.5) is 4.39 Å². The fourth-order valence-corrected chi connectivity index (χ4v) is 3.12. The molecule has 0 aromatic heterocycles. The van der Waals surface area contributed by atoms with Gasteiger partial charge in [-0.1, -0.05) is 32.9 Å². The molecule has 1 nitrogen and oxygen atoms in total. The average Bonchev–Trinajstić information content (AvgIpc) is 2.34. The number of rotatable bonds is 4. The smallest absolute Gasteiger partial charge is 0.123 e. The maximum Gasteiger partial charge on any atom is 0.123 e. The Kier molecular flexibility index (Phi) is 3.53. The molecule has 0 spiro atoms. The summed E-state index contributed by atoms with van der Waals surface area (Å²) in [7, 11) is 0. The van der Waals surface area contributed by atoms with Gasteiger partial charge in [0.1, 0.15) is 5.82 Å². The highest BCUT2D eigenvalue weighted by Gasteiger charge is 2.50. The van der Waals surface area contributed by atoms with Gasteiger partial charge < -0.3 is 5.32 Å². The maximum atomic E-state index is 12.9. The molecular weight excluding hydrogens is 213 g/mol. The lowest BCUT2D eigenvalue weighted by Gasteiger charge is -2.55. The molecule has 1 fully saturated rings. The van der Waals surface area contributed by atoms with Gasteiger partial charge in [0.2, 0.25) is 0 Å². The Morgan fingerprint density at radius 2 is 1.94 bits per heavy atom. The van der Waals surface area contributed by atoms with Crippen molar-refractivity contribution in [2.75, 3.05) is 6.54 Å². The van der Waals surface area contributed by atoms with Gasteiger partial charge >= 0.3 is 0 Å². The van der Waals surface area contributed by atoms with Crippen LogP contribution in [-0.2, 0) is 0 Å². The number of benzene rings is 1. The Hall–Kier alpha value is -0.890. The molecule has 17 heavy (non-hydrogen) atoms. The van der Waals surface area contributed by atoms with Crippen LogP contribution in [0, 0.1) is 11.2 Å². The van der Waals surface area contributed by atoms with Crippen molar-refractivity contribution >= 4 is 0 Å². The summed E-state index contributed by atoms with van der Waals surface area (Å²) in [6.07, 6.45) is 2.33. The van der Waals surface area contributed by atoms with Crippen molar-refractivity contribution in [3.63, 3.8) is 0 Å². The lowest BCUT2D eigenvalue weighted by molar-refractivity contribution is 0.0455. The van der Waals surface area contributed by atoms with Crippen molar-refractivity contribution in [1.82, 2.24) is 5.32 Å². The first kappa shape index (κ1) is 12.6. The Morgan fingerprint density at radius 3 is 2.47 bits per heavy atom. The number of hydrogen-bond donors (Lipinski definition) is 1. The van der Waals surface area contributed by atoms with Crippen LogP contribution in [0.3, 0.4) is 0 Å². The van der Waals surface area contributed by atoms with Crippen LogP contribution in [0.15, 0.2) is 24.3 Å². The molecule has 2 heteroatoms. The Balaban J connectivity index is 2.16. The summed E-state index contributed by atoms with van der Waals surface area (Å²) >= 11 is 0. The summed E-state index contributed by atoms with van der Waals surface area (Å²) < 4.78 is 12.9. The zero-order valence-corrected chi connectivity index (χ0v) is 11.0. The fourth-order valence-electron chi connectivity index (χ4n) is 3.12. The van der Waals surface area contributed by atoms with E-state index in [2.05, 4.69) is 26.1 Å². The van der Waals surface area contributed by atoms with Gasteiger partial charge in [0.05, 0.1) is 0 Å². The second-order valence-corrected chi connectivity index (χ2v) is 5.31. The largest absolute Gasteiger partial charge is 0.314 e. The zero-order chi connectivity index (χ0) is 12.5. The van der Waals surface area contributed by atoms with Crippen molar-refractivity contribution in [2.24, 2.45) is 5.41 Å². The monoisotopic (exact) mass is 235 g/mol. The minimum atomic E-state index is -0.144. The summed E-state index contributed by atoms with van der Waals surface area (Å²) in [6, 6.07) is 7.64. The van der Waals surface area contributed by atoms with Gasteiger partial charge in [-0.2, -0.15) is 0 Å². The van der Waals surface area contributed by atoms with Crippen molar-refractivity contribution in [1.29, 1.82) is 0 Å². The topological polar surface area (TPSA) is 12.0 Å². The van der Waals surface area contributed by atoms with Gasteiger partial charge in [0.15, 0.2) is 0 Å². The normalized spacial score (nSPS) is 32.2. The van der Waals surface area contributed by atoms with Crippen molar-refractivity contribution < 1.29 is 4.39 Å². The van der Waals surface area contributed by atoms with E-state index >= 15 is 0 Å². The summed E-state index contributed by atoms with van der Waals surface area (Å²) in [5.74, 6) is 0.423. The minimum absolute atomic E-state index is 0.144. The van der Waals surface area contributed by atoms with E-state index in [1.54, 1.807) is 12.1 Å². The van der Waals surface area contributed by atoms with Crippen LogP contribution < -0.4 is 5.32 Å². The van der Waals surface area contributed by atoms with Crippen LogP contribution in [0.1, 0.15) is 45.1 Å². The van der Waals surface area contributed by atoms with Crippen LogP contribution >= 0.6 is 0 Å². The molecule has 1 aliphatic rings. The van der Waals surface area contributed by atoms with Crippen molar-refractivity contribution in [2.45, 2.75) is 45.6 Å². The van der Waals surface area contributed by atoms with Crippen LogP contribution in [0.2, 0.25) is 0 Å². The predicted octanol–water partition coefficient (Wildman–Crippen LogP) is 3.71. The van der Waals surface area contributed by atoms with E-state index in [1.165, 1.54) is 12.0 Å². The second-order valence-electron chi connectivity index (χ2n) is 5.31. The Morgan fingerprint density at radius 1 is 1.29 bits per heavy atom. The van der Waals surface area contributed by atoms with Gasteiger partial charge in [-0.05, 0) is 48.4 Å². The van der Waals surface area contributed by atoms with E-state index in [4.69, 9.17) is 0 Å². The van der Waals surface area contributed by atoms with Gasteiger partial charge in [-0.3, -0.25) is 0 Å². The molecule has 0 bridgehead atoms. The SMILES string of the molecule is CCNC1CC(c2ccc(F)cc2)C1(C)CC. The third-order valence-corrected chi connectivity index (χ3v) is 4.55. The molecule has 0 saturated heterocycles. The van der Waals surface area contributed by atoms with E-state index in [0.717, 1.165) is 13.0 Å². The first-order valence-electron chi connectivity index (χ1n) is 6.60. The summed E-state index contributed by atoms with van der Waals surface area (Å²) in [5.41, 5.74) is 1.60. The standard InChI is InChI=1S/C15H22FN/c1-4-15(3)13(10-14(15)17-5-2)11-6-8-12(16)9-7-11/h6-9,13-14,17H,4-5,10H2,1-3H3. The fraction of sp³-hybridized carbons (Fsp3) is 0.600. The highest BCUT2D eigenvalue weighted by Crippen LogP contribution is 2.54. The molecule has 1 aromatic rings. The number of halogens is 1. The molecule has 1 aromatic carbocycles. The number of hydrogen-bond acceptors (Lipinski definition) is 1. The first-order valence-corrected chi connectivity index (χ1v) is 6.60. The van der Waals surface area contributed by atoms with Crippen LogP contribution in [-0.4, -0.2) is 12.6 Å². The highest BCUT2D eigenvalue weighted by atomic mass is 19.1. The third kappa shape index (κ3) is 2.11. The van der Waals surface area contributed by atoms with Crippen molar-refractivity contribution in [3.05, 3.63) is 35.6 Å². The van der Waals surface area contributed by atoms with E-state index in [9.17, 15) is 4.39 Å². The van der Waals surface area contributed by atoms with Gasteiger partial charge in [0, 0.05) is 6.04 Å². The van der Waals surface area contributed by atoms with Crippen LogP contribution in [0.25, 0.3) is 0 Å². The molecule has 1 saturated carbocycles. The lowest BCUT2D eigenvalue weighted by atomic mass is 9.54. The molecule has 1 N–H and O–H groups in total. The van der Waals surface area contributed by atoms with E-state index in [0.29, 0.717) is 17.4 Å². The molecular formula is C15H22FN.